The second-order valence-electron chi connectivity index (χ2n) is 9.09. The normalized spacial score (nSPS) is 21.7. The molecule has 1 aliphatic heterocycles. The summed E-state index contributed by atoms with van der Waals surface area (Å²) in [6.07, 6.45) is -6.93. The molecule has 5 atom stereocenters. The van der Waals surface area contributed by atoms with Crippen LogP contribution in [0.2, 0.25) is 5.02 Å². The zero-order valence-corrected chi connectivity index (χ0v) is 23.4. The van der Waals surface area contributed by atoms with Gasteiger partial charge < -0.3 is 33.5 Å². The summed E-state index contributed by atoms with van der Waals surface area (Å²) in [6, 6.07) is 10.6. The highest BCUT2D eigenvalue weighted by Gasteiger charge is 2.53. The van der Waals surface area contributed by atoms with Gasteiger partial charge in [-0.1, -0.05) is 23.7 Å². The smallest absolute Gasteiger partial charge is 0.303 e. The van der Waals surface area contributed by atoms with Gasteiger partial charge >= 0.3 is 23.9 Å². The molecule has 1 N–H and O–H groups in total. The number of ether oxygens (including phenoxy) is 6. The zero-order chi connectivity index (χ0) is 30.3. The van der Waals surface area contributed by atoms with Crippen molar-refractivity contribution in [2.75, 3.05) is 6.61 Å². The lowest BCUT2D eigenvalue weighted by molar-refractivity contribution is -0.288. The van der Waals surface area contributed by atoms with Crippen LogP contribution in [-0.2, 0) is 49.3 Å². The summed E-state index contributed by atoms with van der Waals surface area (Å²) in [6.45, 7) is 4.03. The lowest BCUT2D eigenvalue weighted by Crippen LogP contribution is -2.63. The molecule has 1 fully saturated rings. The van der Waals surface area contributed by atoms with E-state index < -0.39 is 66.9 Å². The Hall–Kier alpha value is -4.16. The number of rotatable bonds is 10. The van der Waals surface area contributed by atoms with Gasteiger partial charge in [0, 0.05) is 45.2 Å². The maximum absolute atomic E-state index is 12.8. The zero-order valence-electron chi connectivity index (χ0n) is 22.7. The topological polar surface area (TPSA) is 161 Å². The predicted octanol–water partition coefficient (Wildman–Crippen LogP) is 2.93. The van der Waals surface area contributed by atoms with Crippen molar-refractivity contribution < 1.29 is 57.5 Å². The number of phenols is 1. The van der Waals surface area contributed by atoms with Crippen LogP contribution in [-0.4, -0.2) is 72.1 Å². The van der Waals surface area contributed by atoms with Gasteiger partial charge in [-0.3, -0.25) is 24.0 Å². The van der Waals surface area contributed by atoms with Crippen LogP contribution in [0.25, 0.3) is 0 Å². The van der Waals surface area contributed by atoms with Crippen molar-refractivity contribution >= 4 is 41.3 Å². The molecule has 0 aliphatic carbocycles. The van der Waals surface area contributed by atoms with Crippen LogP contribution < -0.4 is 4.74 Å². The van der Waals surface area contributed by atoms with Crippen molar-refractivity contribution in [3.63, 3.8) is 0 Å². The van der Waals surface area contributed by atoms with Crippen LogP contribution in [0.1, 0.15) is 43.6 Å². The molecule has 12 nitrogen and oxygen atoms in total. The molecule has 2 aromatic carbocycles. The molecule has 0 amide bonds. The number of aromatic hydroxyl groups is 1. The van der Waals surface area contributed by atoms with Gasteiger partial charge in [-0.25, -0.2) is 0 Å². The third kappa shape index (κ3) is 8.92. The molecule has 0 bridgehead atoms. The van der Waals surface area contributed by atoms with Gasteiger partial charge in [0.25, 0.3) is 0 Å². The van der Waals surface area contributed by atoms with Crippen molar-refractivity contribution in [2.24, 2.45) is 0 Å². The fourth-order valence-electron chi connectivity index (χ4n) is 4.12. The Balaban J connectivity index is 1.90. The summed E-state index contributed by atoms with van der Waals surface area (Å²) in [5, 5.41) is 11.1. The van der Waals surface area contributed by atoms with E-state index in [0.29, 0.717) is 10.6 Å². The number of carbonyl (C=O) groups excluding carboxylic acids is 5. The largest absolute Gasteiger partial charge is 0.507 e. The fraction of sp³-hybridized carbons (Fsp3) is 0.393. The molecule has 0 saturated carbocycles. The molecule has 0 aromatic heterocycles. The Morgan fingerprint density at radius 1 is 0.805 bits per heavy atom. The van der Waals surface area contributed by atoms with E-state index in [1.807, 2.05) is 0 Å². The summed E-state index contributed by atoms with van der Waals surface area (Å²) in [5.74, 6) is -3.80. The first kappa shape index (κ1) is 31.4. The Morgan fingerprint density at radius 3 is 1.95 bits per heavy atom. The van der Waals surface area contributed by atoms with E-state index in [-0.39, 0.29) is 23.5 Å². The highest BCUT2D eigenvalue weighted by molar-refractivity contribution is 6.30. The first-order valence-electron chi connectivity index (χ1n) is 12.4. The standard InChI is InChI=1S/C28H29ClO12/c1-14(30)36-13-24-25(37-15(2)31)26(38-16(3)32)27(39-17(4)33)28(41-24)40-20-9-10-21(23(35)12-20)22(34)11-18-5-7-19(29)8-6-18/h5-10,12,24-28,35H,11,13H2,1-4H3/t24-,25-,26+,27+,28-/m1/s1. The summed E-state index contributed by atoms with van der Waals surface area (Å²) >= 11 is 5.89. The van der Waals surface area contributed by atoms with Crippen LogP contribution in [0.4, 0.5) is 0 Å². The monoisotopic (exact) mass is 592 g/mol. The van der Waals surface area contributed by atoms with Crippen molar-refractivity contribution in [3.8, 4) is 11.5 Å². The number of esters is 4. The second-order valence-corrected chi connectivity index (χ2v) is 9.53. The number of hydrogen-bond donors (Lipinski definition) is 1. The van der Waals surface area contributed by atoms with Crippen LogP contribution >= 0.6 is 11.6 Å². The Bertz CT molecular complexity index is 1290. The number of halogens is 1. The first-order chi connectivity index (χ1) is 19.3. The molecule has 1 heterocycles. The van der Waals surface area contributed by atoms with E-state index >= 15 is 0 Å². The minimum atomic E-state index is -1.49. The number of Topliss-reactive ketones (excluding diaryl/α,β-unsaturated/α-hetero) is 1. The first-order valence-corrected chi connectivity index (χ1v) is 12.8. The van der Waals surface area contributed by atoms with Gasteiger partial charge in [-0.05, 0) is 29.8 Å². The molecule has 13 heteroatoms. The lowest BCUT2D eigenvalue weighted by atomic mass is 9.98. The summed E-state index contributed by atoms with van der Waals surface area (Å²) < 4.78 is 32.8. The average molecular weight is 593 g/mol. The molecule has 0 unspecified atom stereocenters. The SMILES string of the molecule is CC(=O)OC[C@H]1O[C@@H](Oc2ccc(C(=O)Cc3ccc(Cl)cc3)c(O)c2)[C@@H](OC(C)=O)[C@@H](OC(C)=O)[C@@H]1OC(C)=O. The van der Waals surface area contributed by atoms with E-state index in [2.05, 4.69) is 0 Å². The van der Waals surface area contributed by atoms with Gasteiger partial charge in [0.2, 0.25) is 12.4 Å². The van der Waals surface area contributed by atoms with Crippen LogP contribution in [0, 0.1) is 0 Å². The number of phenolic OH excluding ortho intramolecular Hbond substituents is 1. The maximum Gasteiger partial charge on any atom is 0.303 e. The molecule has 0 radical (unpaired) electrons. The fourth-order valence-corrected chi connectivity index (χ4v) is 4.25. The quantitative estimate of drug-likeness (QED) is 0.244. The summed E-state index contributed by atoms with van der Waals surface area (Å²) in [7, 11) is 0. The summed E-state index contributed by atoms with van der Waals surface area (Å²) in [4.78, 5) is 60.1. The van der Waals surface area contributed by atoms with E-state index in [1.54, 1.807) is 24.3 Å². The molecule has 1 saturated heterocycles. The minimum Gasteiger partial charge on any atom is -0.507 e. The van der Waals surface area contributed by atoms with Gasteiger partial charge in [0.05, 0.1) is 5.56 Å². The van der Waals surface area contributed by atoms with Gasteiger partial charge in [0.1, 0.15) is 24.2 Å². The van der Waals surface area contributed by atoms with E-state index in [9.17, 15) is 29.1 Å². The third-order valence-corrected chi connectivity index (χ3v) is 6.00. The third-order valence-electron chi connectivity index (χ3n) is 5.75. The average Bonchev–Trinajstić information content (AvgIpc) is 2.87. The Labute approximate surface area is 240 Å². The summed E-state index contributed by atoms with van der Waals surface area (Å²) in [5.41, 5.74) is 0.713. The van der Waals surface area contributed by atoms with Gasteiger partial charge in [-0.2, -0.15) is 0 Å². The minimum absolute atomic E-state index is 0.00459. The molecule has 3 rings (SSSR count). The Morgan fingerprint density at radius 2 is 1.39 bits per heavy atom. The number of benzene rings is 2. The number of hydrogen-bond acceptors (Lipinski definition) is 12. The maximum atomic E-state index is 12.8. The van der Waals surface area contributed by atoms with Crippen LogP contribution in [0.3, 0.4) is 0 Å². The second kappa shape index (κ2) is 14.0. The van der Waals surface area contributed by atoms with Crippen molar-refractivity contribution in [1.82, 2.24) is 0 Å². The van der Waals surface area contributed by atoms with E-state index in [1.165, 1.54) is 12.1 Å². The van der Waals surface area contributed by atoms with E-state index in [4.69, 9.17) is 40.0 Å². The number of ketones is 1. The highest BCUT2D eigenvalue weighted by Crippen LogP contribution is 2.33. The molecule has 0 spiro atoms. The predicted molar refractivity (Wildman–Crippen MR) is 140 cm³/mol. The highest BCUT2D eigenvalue weighted by atomic mass is 35.5. The van der Waals surface area contributed by atoms with Gasteiger partial charge in [-0.15, -0.1) is 0 Å². The van der Waals surface area contributed by atoms with Crippen molar-refractivity contribution in [3.05, 3.63) is 58.6 Å². The van der Waals surface area contributed by atoms with Crippen LogP contribution in [0.15, 0.2) is 42.5 Å². The van der Waals surface area contributed by atoms with Gasteiger partial charge in [0.15, 0.2) is 18.0 Å². The molecule has 41 heavy (non-hydrogen) atoms. The molecular weight excluding hydrogens is 564 g/mol. The number of carbonyl (C=O) groups is 5. The molecule has 2 aromatic rings. The van der Waals surface area contributed by atoms with E-state index in [0.717, 1.165) is 33.8 Å². The molecule has 220 valence electrons. The Kier molecular flexibility index (Phi) is 10.7. The lowest BCUT2D eigenvalue weighted by Gasteiger charge is -2.43. The van der Waals surface area contributed by atoms with Crippen molar-refractivity contribution in [1.29, 1.82) is 0 Å². The van der Waals surface area contributed by atoms with Crippen LogP contribution in [0.5, 0.6) is 11.5 Å². The molecule has 1 aliphatic rings. The molecular formula is C28H29ClO12. The van der Waals surface area contributed by atoms with Crippen molar-refractivity contribution in [2.45, 2.75) is 64.8 Å².